The van der Waals surface area contributed by atoms with Gasteiger partial charge in [0.05, 0.1) is 21.3 Å². The van der Waals surface area contributed by atoms with E-state index in [1.807, 2.05) is 0 Å². The molecule has 0 aromatic heterocycles. The first-order valence-electron chi connectivity index (χ1n) is 8.42. The lowest BCUT2D eigenvalue weighted by molar-refractivity contribution is -0.117. The van der Waals surface area contributed by atoms with Gasteiger partial charge in [0.25, 0.3) is 0 Å². The SMILES string of the molecule is COc1cccc(N(CCC(=O)Nc2ccc(OC)c(OC)c2)C(C)=O)c1. The third-order valence-electron chi connectivity index (χ3n) is 3.97. The Morgan fingerprint density at radius 3 is 2.33 bits per heavy atom. The molecule has 0 atom stereocenters. The van der Waals surface area contributed by atoms with Crippen LogP contribution in [0.25, 0.3) is 0 Å². The van der Waals surface area contributed by atoms with Crippen LogP contribution in [0.1, 0.15) is 13.3 Å². The van der Waals surface area contributed by atoms with Gasteiger partial charge in [0.1, 0.15) is 5.75 Å². The van der Waals surface area contributed by atoms with Crippen molar-refractivity contribution < 1.29 is 23.8 Å². The maximum Gasteiger partial charge on any atom is 0.226 e. The molecule has 2 amide bonds. The van der Waals surface area contributed by atoms with Crippen molar-refractivity contribution in [2.45, 2.75) is 13.3 Å². The van der Waals surface area contributed by atoms with Gasteiger partial charge in [-0.15, -0.1) is 0 Å². The fourth-order valence-corrected chi connectivity index (χ4v) is 2.60. The summed E-state index contributed by atoms with van der Waals surface area (Å²) in [4.78, 5) is 25.8. The second-order valence-electron chi connectivity index (χ2n) is 5.74. The fourth-order valence-electron chi connectivity index (χ4n) is 2.60. The van der Waals surface area contributed by atoms with Crippen LogP contribution in [0.5, 0.6) is 17.2 Å². The molecule has 0 aliphatic carbocycles. The Kier molecular flexibility index (Phi) is 7.05. The number of amides is 2. The first-order chi connectivity index (χ1) is 13.0. The smallest absolute Gasteiger partial charge is 0.226 e. The van der Waals surface area contributed by atoms with Crippen LogP contribution in [0.3, 0.4) is 0 Å². The van der Waals surface area contributed by atoms with Crippen molar-refractivity contribution in [3.05, 3.63) is 42.5 Å². The summed E-state index contributed by atoms with van der Waals surface area (Å²) in [6, 6.07) is 12.3. The molecule has 0 radical (unpaired) electrons. The number of nitrogens with zero attached hydrogens (tertiary/aromatic N) is 1. The molecule has 0 fully saturated rings. The number of benzene rings is 2. The second kappa shape index (κ2) is 9.47. The van der Waals surface area contributed by atoms with Gasteiger partial charge in [0.15, 0.2) is 11.5 Å². The molecule has 144 valence electrons. The highest BCUT2D eigenvalue weighted by Crippen LogP contribution is 2.29. The molecule has 2 aromatic rings. The summed E-state index contributed by atoms with van der Waals surface area (Å²) in [5.41, 5.74) is 1.27. The monoisotopic (exact) mass is 372 g/mol. The summed E-state index contributed by atoms with van der Waals surface area (Å²) in [5, 5.41) is 2.80. The van der Waals surface area contributed by atoms with E-state index < -0.39 is 0 Å². The average molecular weight is 372 g/mol. The number of ether oxygens (including phenoxy) is 3. The van der Waals surface area contributed by atoms with Crippen LogP contribution in [0.4, 0.5) is 11.4 Å². The van der Waals surface area contributed by atoms with E-state index in [4.69, 9.17) is 14.2 Å². The van der Waals surface area contributed by atoms with E-state index in [1.54, 1.807) is 56.7 Å². The zero-order chi connectivity index (χ0) is 19.8. The van der Waals surface area contributed by atoms with Crippen LogP contribution < -0.4 is 24.4 Å². The van der Waals surface area contributed by atoms with E-state index >= 15 is 0 Å². The molecule has 1 N–H and O–H groups in total. The number of carbonyl (C=O) groups excluding carboxylic acids is 2. The predicted molar refractivity (Wildman–Crippen MR) is 104 cm³/mol. The summed E-state index contributed by atoms with van der Waals surface area (Å²) in [5.74, 6) is 1.39. The van der Waals surface area contributed by atoms with Crippen molar-refractivity contribution in [3.63, 3.8) is 0 Å². The molecule has 0 heterocycles. The van der Waals surface area contributed by atoms with Crippen LogP contribution >= 0.6 is 0 Å². The van der Waals surface area contributed by atoms with Crippen LogP contribution in [0, 0.1) is 0 Å². The molecule has 0 aliphatic rings. The number of hydrogen-bond donors (Lipinski definition) is 1. The third kappa shape index (κ3) is 5.37. The van der Waals surface area contributed by atoms with Gasteiger partial charge >= 0.3 is 0 Å². The zero-order valence-electron chi connectivity index (χ0n) is 15.9. The standard InChI is InChI=1S/C20H24N2O5/c1-14(23)22(16-6-5-7-17(13-16)25-2)11-10-20(24)21-15-8-9-18(26-3)19(12-15)27-4/h5-9,12-13H,10-11H2,1-4H3,(H,21,24). The quantitative estimate of drug-likeness (QED) is 0.770. The molecule has 0 saturated carbocycles. The second-order valence-corrected chi connectivity index (χ2v) is 5.74. The Bertz CT molecular complexity index is 807. The fraction of sp³-hybridized carbons (Fsp3) is 0.300. The number of carbonyl (C=O) groups is 2. The van der Waals surface area contributed by atoms with Crippen LogP contribution in [-0.2, 0) is 9.59 Å². The van der Waals surface area contributed by atoms with Crippen LogP contribution in [0.2, 0.25) is 0 Å². The van der Waals surface area contributed by atoms with E-state index in [0.29, 0.717) is 28.6 Å². The molecule has 7 nitrogen and oxygen atoms in total. The van der Waals surface area contributed by atoms with Gasteiger partial charge in [-0.25, -0.2) is 0 Å². The number of rotatable bonds is 8. The van der Waals surface area contributed by atoms with Gasteiger partial charge in [-0.2, -0.15) is 0 Å². The lowest BCUT2D eigenvalue weighted by Crippen LogP contribution is -2.31. The molecular formula is C20H24N2O5. The number of hydrogen-bond acceptors (Lipinski definition) is 5. The largest absolute Gasteiger partial charge is 0.497 e. The van der Waals surface area contributed by atoms with Crippen molar-refractivity contribution >= 4 is 23.2 Å². The molecule has 0 aliphatic heterocycles. The maximum atomic E-state index is 12.3. The van der Waals surface area contributed by atoms with E-state index in [9.17, 15) is 9.59 Å². The molecular weight excluding hydrogens is 348 g/mol. The molecule has 0 saturated heterocycles. The van der Waals surface area contributed by atoms with Crippen molar-refractivity contribution in [3.8, 4) is 17.2 Å². The van der Waals surface area contributed by atoms with E-state index in [1.165, 1.54) is 18.9 Å². The number of methoxy groups -OCH3 is 3. The van der Waals surface area contributed by atoms with Crippen LogP contribution in [0.15, 0.2) is 42.5 Å². The van der Waals surface area contributed by atoms with Crippen molar-refractivity contribution in [1.82, 2.24) is 0 Å². The van der Waals surface area contributed by atoms with Crippen LogP contribution in [-0.4, -0.2) is 39.7 Å². The normalized spacial score (nSPS) is 10.1. The molecule has 0 bridgehead atoms. The van der Waals surface area contributed by atoms with E-state index in [-0.39, 0.29) is 24.8 Å². The van der Waals surface area contributed by atoms with Gasteiger partial charge < -0.3 is 24.4 Å². The minimum Gasteiger partial charge on any atom is -0.497 e. The summed E-state index contributed by atoms with van der Waals surface area (Å²) in [6.45, 7) is 1.72. The average Bonchev–Trinajstić information content (AvgIpc) is 2.67. The third-order valence-corrected chi connectivity index (χ3v) is 3.97. The van der Waals surface area contributed by atoms with Crippen molar-refractivity contribution in [1.29, 1.82) is 0 Å². The maximum absolute atomic E-state index is 12.3. The number of anilines is 2. The van der Waals surface area contributed by atoms with Gasteiger partial charge in [-0.05, 0) is 24.3 Å². The highest BCUT2D eigenvalue weighted by molar-refractivity contribution is 5.95. The molecule has 7 heteroatoms. The topological polar surface area (TPSA) is 77.1 Å². The number of nitrogens with one attached hydrogen (secondary N) is 1. The lowest BCUT2D eigenvalue weighted by atomic mass is 10.2. The minimum atomic E-state index is -0.212. The molecule has 0 unspecified atom stereocenters. The summed E-state index contributed by atoms with van der Waals surface area (Å²) < 4.78 is 15.6. The molecule has 27 heavy (non-hydrogen) atoms. The summed E-state index contributed by atoms with van der Waals surface area (Å²) >= 11 is 0. The zero-order valence-corrected chi connectivity index (χ0v) is 15.9. The van der Waals surface area contributed by atoms with Gasteiger partial charge in [0.2, 0.25) is 11.8 Å². The van der Waals surface area contributed by atoms with E-state index in [2.05, 4.69) is 5.32 Å². The van der Waals surface area contributed by atoms with Gasteiger partial charge in [-0.1, -0.05) is 6.07 Å². The van der Waals surface area contributed by atoms with E-state index in [0.717, 1.165) is 0 Å². The minimum absolute atomic E-state index is 0.144. The first-order valence-corrected chi connectivity index (χ1v) is 8.42. The Labute approximate surface area is 158 Å². The predicted octanol–water partition coefficient (Wildman–Crippen LogP) is 3.09. The lowest BCUT2D eigenvalue weighted by Gasteiger charge is -2.21. The highest BCUT2D eigenvalue weighted by Gasteiger charge is 2.15. The first kappa shape index (κ1) is 20.1. The Morgan fingerprint density at radius 1 is 0.963 bits per heavy atom. The highest BCUT2D eigenvalue weighted by atomic mass is 16.5. The molecule has 2 aromatic carbocycles. The van der Waals surface area contributed by atoms with Crippen molar-refractivity contribution in [2.75, 3.05) is 38.1 Å². The van der Waals surface area contributed by atoms with Gasteiger partial charge in [-0.3, -0.25) is 9.59 Å². The summed E-state index contributed by atoms with van der Waals surface area (Å²) in [7, 11) is 4.64. The molecule has 0 spiro atoms. The Balaban J connectivity index is 2.03. The van der Waals surface area contributed by atoms with Crippen molar-refractivity contribution in [2.24, 2.45) is 0 Å². The Hall–Kier alpha value is -3.22. The Morgan fingerprint density at radius 2 is 1.70 bits per heavy atom. The summed E-state index contributed by atoms with van der Waals surface area (Å²) in [6.07, 6.45) is 0.144. The van der Waals surface area contributed by atoms with Gasteiger partial charge in [0, 0.05) is 43.4 Å². The molecule has 2 rings (SSSR count).